The summed E-state index contributed by atoms with van der Waals surface area (Å²) in [5, 5.41) is 8.89. The number of aryl methyl sites for hydroxylation is 1. The quantitative estimate of drug-likeness (QED) is 0.798. The number of nitrogens with zero attached hydrogens (tertiary/aromatic N) is 1. The standard InChI is InChI=1S/C13H12N2S/c1-9-11(8-14)7-13(15-9)10-3-5-12(16-2)6-4-10/h3-7,15H,1-2H3. The molecule has 0 saturated carbocycles. The third-order valence-electron chi connectivity index (χ3n) is 2.54. The minimum Gasteiger partial charge on any atom is -0.358 e. The molecule has 0 amide bonds. The maximum Gasteiger partial charge on any atom is 0.101 e. The number of aromatic amines is 1. The third kappa shape index (κ3) is 1.98. The van der Waals surface area contributed by atoms with Crippen LogP contribution in [0.2, 0.25) is 0 Å². The first-order valence-corrected chi connectivity index (χ1v) is 6.21. The van der Waals surface area contributed by atoms with Crippen LogP contribution in [0.25, 0.3) is 11.3 Å². The molecule has 0 atom stereocenters. The van der Waals surface area contributed by atoms with Crippen LogP contribution in [0, 0.1) is 18.3 Å². The summed E-state index contributed by atoms with van der Waals surface area (Å²) < 4.78 is 0. The average molecular weight is 228 g/mol. The molecule has 0 aliphatic heterocycles. The van der Waals surface area contributed by atoms with E-state index in [0.717, 1.165) is 17.0 Å². The summed E-state index contributed by atoms with van der Waals surface area (Å²) in [6.07, 6.45) is 2.06. The van der Waals surface area contributed by atoms with Gasteiger partial charge in [-0.05, 0) is 36.9 Å². The van der Waals surface area contributed by atoms with Gasteiger partial charge in [0.1, 0.15) is 6.07 Å². The molecule has 1 aromatic carbocycles. The Morgan fingerprint density at radius 3 is 2.44 bits per heavy atom. The molecule has 1 aromatic heterocycles. The molecule has 3 heteroatoms. The van der Waals surface area contributed by atoms with E-state index in [9.17, 15) is 0 Å². The molecule has 0 fully saturated rings. The molecule has 2 nitrogen and oxygen atoms in total. The van der Waals surface area contributed by atoms with Gasteiger partial charge in [0.15, 0.2) is 0 Å². The van der Waals surface area contributed by atoms with Gasteiger partial charge >= 0.3 is 0 Å². The average Bonchev–Trinajstić information content (AvgIpc) is 2.71. The lowest BCUT2D eigenvalue weighted by Gasteiger charge is -1.99. The Morgan fingerprint density at radius 2 is 1.94 bits per heavy atom. The van der Waals surface area contributed by atoms with E-state index in [1.807, 2.05) is 13.0 Å². The molecule has 0 saturated heterocycles. The number of hydrogen-bond donors (Lipinski definition) is 1. The molecule has 16 heavy (non-hydrogen) atoms. The lowest BCUT2D eigenvalue weighted by Crippen LogP contribution is -1.78. The number of H-pyrrole nitrogens is 1. The van der Waals surface area contributed by atoms with Crippen molar-refractivity contribution in [3.8, 4) is 17.3 Å². The molecule has 0 spiro atoms. The molecule has 80 valence electrons. The fourth-order valence-electron chi connectivity index (χ4n) is 1.60. The smallest absolute Gasteiger partial charge is 0.101 e. The number of aromatic nitrogens is 1. The summed E-state index contributed by atoms with van der Waals surface area (Å²) in [6.45, 7) is 1.91. The van der Waals surface area contributed by atoms with Gasteiger partial charge in [-0.1, -0.05) is 12.1 Å². The van der Waals surface area contributed by atoms with E-state index in [2.05, 4.69) is 41.6 Å². The van der Waals surface area contributed by atoms with E-state index in [1.54, 1.807) is 11.8 Å². The first kappa shape index (κ1) is 10.8. The fourth-order valence-corrected chi connectivity index (χ4v) is 2.01. The summed E-state index contributed by atoms with van der Waals surface area (Å²) in [6, 6.07) is 12.4. The van der Waals surface area contributed by atoms with Crippen LogP contribution in [0.3, 0.4) is 0 Å². The maximum atomic E-state index is 8.89. The molecule has 0 unspecified atom stereocenters. The summed E-state index contributed by atoms with van der Waals surface area (Å²) >= 11 is 1.72. The van der Waals surface area contributed by atoms with Gasteiger partial charge in [0, 0.05) is 16.3 Å². The van der Waals surface area contributed by atoms with Crippen LogP contribution >= 0.6 is 11.8 Å². The summed E-state index contributed by atoms with van der Waals surface area (Å²) in [5.74, 6) is 0. The van der Waals surface area contributed by atoms with Crippen molar-refractivity contribution in [2.45, 2.75) is 11.8 Å². The Bertz CT molecular complexity index is 532. The van der Waals surface area contributed by atoms with Crippen LogP contribution in [-0.2, 0) is 0 Å². The van der Waals surface area contributed by atoms with Gasteiger partial charge in [-0.25, -0.2) is 0 Å². The van der Waals surface area contributed by atoms with E-state index in [-0.39, 0.29) is 0 Å². The Hall–Kier alpha value is -1.66. The second kappa shape index (κ2) is 4.46. The number of thioether (sulfide) groups is 1. The van der Waals surface area contributed by atoms with Gasteiger partial charge in [-0.2, -0.15) is 5.26 Å². The topological polar surface area (TPSA) is 39.6 Å². The van der Waals surface area contributed by atoms with Crippen LogP contribution in [0.4, 0.5) is 0 Å². The SMILES string of the molecule is CSc1ccc(-c2cc(C#N)c(C)[nH]2)cc1. The van der Waals surface area contributed by atoms with Crippen LogP contribution in [-0.4, -0.2) is 11.2 Å². The predicted octanol–water partition coefficient (Wildman–Crippen LogP) is 3.58. The lowest BCUT2D eigenvalue weighted by molar-refractivity contribution is 1.25. The highest BCUT2D eigenvalue weighted by molar-refractivity contribution is 7.98. The fraction of sp³-hybridized carbons (Fsp3) is 0.154. The summed E-state index contributed by atoms with van der Waals surface area (Å²) in [5.41, 5.74) is 3.75. The zero-order chi connectivity index (χ0) is 11.5. The molecule has 1 heterocycles. The van der Waals surface area contributed by atoms with Crippen LogP contribution in [0.5, 0.6) is 0 Å². The van der Waals surface area contributed by atoms with E-state index >= 15 is 0 Å². The number of nitrogens with one attached hydrogen (secondary N) is 1. The van der Waals surface area contributed by atoms with Crippen LogP contribution in [0.1, 0.15) is 11.3 Å². The highest BCUT2D eigenvalue weighted by Crippen LogP contribution is 2.24. The van der Waals surface area contributed by atoms with Crippen molar-refractivity contribution in [3.63, 3.8) is 0 Å². The third-order valence-corrected chi connectivity index (χ3v) is 3.28. The van der Waals surface area contributed by atoms with E-state index in [1.165, 1.54) is 4.90 Å². The molecule has 0 aliphatic rings. The highest BCUT2D eigenvalue weighted by atomic mass is 32.2. The molecule has 1 N–H and O–H groups in total. The zero-order valence-electron chi connectivity index (χ0n) is 9.24. The number of benzene rings is 1. The van der Waals surface area contributed by atoms with E-state index < -0.39 is 0 Å². The van der Waals surface area contributed by atoms with Crippen molar-refractivity contribution in [2.24, 2.45) is 0 Å². The van der Waals surface area contributed by atoms with Gasteiger partial charge in [-0.15, -0.1) is 11.8 Å². The predicted molar refractivity (Wildman–Crippen MR) is 67.5 cm³/mol. The van der Waals surface area contributed by atoms with Gasteiger partial charge in [0.2, 0.25) is 0 Å². The molecule has 2 aromatic rings. The maximum absolute atomic E-state index is 8.89. The lowest BCUT2D eigenvalue weighted by atomic mass is 10.1. The van der Waals surface area contributed by atoms with Crippen LogP contribution < -0.4 is 0 Å². The van der Waals surface area contributed by atoms with Gasteiger partial charge in [0.05, 0.1) is 5.56 Å². The van der Waals surface area contributed by atoms with E-state index in [0.29, 0.717) is 5.56 Å². The molecular formula is C13H12N2S. The Balaban J connectivity index is 2.39. The molecular weight excluding hydrogens is 216 g/mol. The van der Waals surface area contributed by atoms with Crippen LogP contribution in [0.15, 0.2) is 35.2 Å². The Kier molecular flexibility index (Phi) is 3.02. The minimum atomic E-state index is 0.712. The van der Waals surface area contributed by atoms with Crippen molar-refractivity contribution in [3.05, 3.63) is 41.6 Å². The molecule has 0 aliphatic carbocycles. The van der Waals surface area contributed by atoms with Crippen molar-refractivity contribution in [1.29, 1.82) is 5.26 Å². The van der Waals surface area contributed by atoms with Crippen molar-refractivity contribution >= 4 is 11.8 Å². The Labute approximate surface area is 99.3 Å². The zero-order valence-corrected chi connectivity index (χ0v) is 10.1. The van der Waals surface area contributed by atoms with Gasteiger partial charge in [0.25, 0.3) is 0 Å². The first-order valence-electron chi connectivity index (χ1n) is 4.98. The normalized spacial score (nSPS) is 10.1. The number of hydrogen-bond acceptors (Lipinski definition) is 2. The number of nitriles is 1. The first-order chi connectivity index (χ1) is 7.74. The second-order valence-electron chi connectivity index (χ2n) is 3.56. The largest absolute Gasteiger partial charge is 0.358 e. The summed E-state index contributed by atoms with van der Waals surface area (Å²) in [4.78, 5) is 4.46. The van der Waals surface area contributed by atoms with E-state index in [4.69, 9.17) is 5.26 Å². The highest BCUT2D eigenvalue weighted by Gasteiger charge is 2.05. The van der Waals surface area contributed by atoms with Crippen molar-refractivity contribution in [1.82, 2.24) is 4.98 Å². The Morgan fingerprint density at radius 1 is 1.25 bits per heavy atom. The van der Waals surface area contributed by atoms with Crippen molar-refractivity contribution in [2.75, 3.05) is 6.26 Å². The van der Waals surface area contributed by atoms with Gasteiger partial charge < -0.3 is 4.98 Å². The molecule has 0 radical (unpaired) electrons. The number of rotatable bonds is 2. The second-order valence-corrected chi connectivity index (χ2v) is 4.44. The summed E-state index contributed by atoms with van der Waals surface area (Å²) in [7, 11) is 0. The van der Waals surface area contributed by atoms with Gasteiger partial charge in [-0.3, -0.25) is 0 Å². The molecule has 2 rings (SSSR count). The molecule has 0 bridgehead atoms. The monoisotopic (exact) mass is 228 g/mol. The minimum absolute atomic E-state index is 0.712. The van der Waals surface area contributed by atoms with Crippen molar-refractivity contribution < 1.29 is 0 Å².